The molecule has 0 N–H and O–H groups in total. The van der Waals surface area contributed by atoms with Gasteiger partial charge >= 0.3 is 5.97 Å². The first kappa shape index (κ1) is 13.9. The molecule has 0 spiro atoms. The minimum Gasteiger partial charge on any atom is -0.465 e. The molecule has 0 heterocycles. The lowest BCUT2D eigenvalue weighted by Crippen LogP contribution is -2.28. The van der Waals surface area contributed by atoms with Crippen LogP contribution in [-0.2, 0) is 26.1 Å². The predicted octanol–water partition coefficient (Wildman–Crippen LogP) is 2.28. The molecule has 4 heteroatoms. The fraction of sp³-hybridized carbons (Fsp3) is 0.462. The molecule has 3 nitrogen and oxygen atoms in total. The molecule has 0 aliphatic carbocycles. The molecule has 0 saturated carbocycles. The van der Waals surface area contributed by atoms with Crippen LogP contribution in [0.15, 0.2) is 30.3 Å². The Kier molecular flexibility index (Phi) is 5.91. The van der Waals surface area contributed by atoms with E-state index in [4.69, 9.17) is 4.74 Å². The zero-order valence-corrected chi connectivity index (χ0v) is 11.0. The van der Waals surface area contributed by atoms with Crippen molar-refractivity contribution in [1.29, 1.82) is 0 Å². The standard InChI is InChI=1S/C13H18O3S/c1-3-12(13(14)16-4-2)17(15)10-11-8-6-5-7-9-11/h5-9,12H,3-4,10H2,1-2H3. The van der Waals surface area contributed by atoms with Crippen LogP contribution in [0.4, 0.5) is 0 Å². The van der Waals surface area contributed by atoms with Gasteiger partial charge in [0.05, 0.1) is 6.61 Å². The first-order chi connectivity index (χ1) is 8.19. The molecule has 0 radical (unpaired) electrons. The second kappa shape index (κ2) is 7.22. The maximum Gasteiger partial charge on any atom is 0.321 e. The van der Waals surface area contributed by atoms with Gasteiger partial charge in [0.25, 0.3) is 0 Å². The molecule has 0 aliphatic rings. The molecule has 17 heavy (non-hydrogen) atoms. The van der Waals surface area contributed by atoms with Gasteiger partial charge in [-0.15, -0.1) is 0 Å². The minimum atomic E-state index is -1.21. The highest BCUT2D eigenvalue weighted by atomic mass is 32.2. The van der Waals surface area contributed by atoms with Crippen molar-refractivity contribution < 1.29 is 13.7 Å². The van der Waals surface area contributed by atoms with Crippen LogP contribution in [0.5, 0.6) is 0 Å². The molecule has 0 fully saturated rings. The average molecular weight is 254 g/mol. The lowest BCUT2D eigenvalue weighted by atomic mass is 10.2. The topological polar surface area (TPSA) is 43.4 Å². The van der Waals surface area contributed by atoms with E-state index >= 15 is 0 Å². The highest BCUT2D eigenvalue weighted by Gasteiger charge is 2.24. The summed E-state index contributed by atoms with van der Waals surface area (Å²) in [7, 11) is -1.21. The third kappa shape index (κ3) is 4.30. The third-order valence-electron chi connectivity index (χ3n) is 2.39. The number of ether oxygens (including phenoxy) is 1. The summed E-state index contributed by atoms with van der Waals surface area (Å²) in [6, 6.07) is 9.54. The molecule has 1 aromatic rings. The van der Waals surface area contributed by atoms with Crippen LogP contribution in [0, 0.1) is 0 Å². The Bertz CT molecular complexity index is 376. The Morgan fingerprint density at radius 1 is 1.29 bits per heavy atom. The van der Waals surface area contributed by atoms with E-state index in [1.54, 1.807) is 6.92 Å². The summed E-state index contributed by atoms with van der Waals surface area (Å²) in [5, 5.41) is -0.518. The molecule has 0 bridgehead atoms. The first-order valence-corrected chi connectivity index (χ1v) is 7.15. The van der Waals surface area contributed by atoms with Gasteiger partial charge in [-0.1, -0.05) is 37.3 Å². The zero-order valence-electron chi connectivity index (χ0n) is 10.2. The Hall–Kier alpha value is -1.16. The summed E-state index contributed by atoms with van der Waals surface area (Å²) in [5.41, 5.74) is 0.980. The highest BCUT2D eigenvalue weighted by Crippen LogP contribution is 2.11. The number of hydrogen-bond acceptors (Lipinski definition) is 3. The van der Waals surface area contributed by atoms with Gasteiger partial charge in [0, 0.05) is 16.6 Å². The lowest BCUT2D eigenvalue weighted by Gasteiger charge is -2.13. The van der Waals surface area contributed by atoms with Crippen molar-refractivity contribution in [3.63, 3.8) is 0 Å². The Labute approximate surface area is 105 Å². The smallest absolute Gasteiger partial charge is 0.321 e. The van der Waals surface area contributed by atoms with Crippen LogP contribution in [-0.4, -0.2) is 22.0 Å². The van der Waals surface area contributed by atoms with Gasteiger partial charge < -0.3 is 4.74 Å². The predicted molar refractivity (Wildman–Crippen MR) is 69.0 cm³/mol. The zero-order chi connectivity index (χ0) is 12.7. The lowest BCUT2D eigenvalue weighted by molar-refractivity contribution is -0.142. The molecule has 94 valence electrons. The Morgan fingerprint density at radius 3 is 2.47 bits per heavy atom. The quantitative estimate of drug-likeness (QED) is 0.731. The normalized spacial score (nSPS) is 14.0. The van der Waals surface area contributed by atoms with Gasteiger partial charge in [0.2, 0.25) is 0 Å². The maximum atomic E-state index is 12.1. The van der Waals surface area contributed by atoms with Crippen molar-refractivity contribution in [2.75, 3.05) is 6.61 Å². The van der Waals surface area contributed by atoms with Crippen molar-refractivity contribution in [2.24, 2.45) is 0 Å². The molecule has 2 atom stereocenters. The van der Waals surface area contributed by atoms with Crippen molar-refractivity contribution in [3.05, 3.63) is 35.9 Å². The van der Waals surface area contributed by atoms with Gasteiger partial charge in [0.1, 0.15) is 5.25 Å². The van der Waals surface area contributed by atoms with E-state index in [9.17, 15) is 9.00 Å². The second-order valence-corrected chi connectivity index (χ2v) is 5.28. The van der Waals surface area contributed by atoms with Gasteiger partial charge in [-0.05, 0) is 18.9 Å². The van der Waals surface area contributed by atoms with E-state index in [0.29, 0.717) is 18.8 Å². The number of esters is 1. The monoisotopic (exact) mass is 254 g/mol. The number of benzene rings is 1. The summed E-state index contributed by atoms with van der Waals surface area (Å²) in [4.78, 5) is 11.6. The van der Waals surface area contributed by atoms with Crippen LogP contribution < -0.4 is 0 Å². The van der Waals surface area contributed by atoms with E-state index in [0.717, 1.165) is 5.56 Å². The number of carbonyl (C=O) groups excluding carboxylic acids is 1. The van der Waals surface area contributed by atoms with Crippen LogP contribution in [0.1, 0.15) is 25.8 Å². The van der Waals surface area contributed by atoms with Crippen LogP contribution in [0.25, 0.3) is 0 Å². The first-order valence-electron chi connectivity index (χ1n) is 5.76. The molecule has 0 saturated heterocycles. The average Bonchev–Trinajstić information content (AvgIpc) is 2.31. The molecule has 0 amide bonds. The van der Waals surface area contributed by atoms with E-state index in [1.807, 2.05) is 37.3 Å². The van der Waals surface area contributed by atoms with Crippen molar-refractivity contribution in [3.8, 4) is 0 Å². The SMILES string of the molecule is CCOC(=O)C(CC)S(=O)Cc1ccccc1. The number of rotatable bonds is 6. The minimum absolute atomic E-state index is 0.331. The van der Waals surface area contributed by atoms with Gasteiger partial charge in [0.15, 0.2) is 0 Å². The van der Waals surface area contributed by atoms with E-state index in [2.05, 4.69) is 0 Å². The van der Waals surface area contributed by atoms with Gasteiger partial charge in [-0.3, -0.25) is 9.00 Å². The molecule has 1 aromatic carbocycles. The molecular formula is C13H18O3S. The van der Waals surface area contributed by atoms with Crippen LogP contribution in [0.3, 0.4) is 0 Å². The van der Waals surface area contributed by atoms with Crippen molar-refractivity contribution in [1.82, 2.24) is 0 Å². The fourth-order valence-corrected chi connectivity index (χ4v) is 2.91. The summed E-state index contributed by atoms with van der Waals surface area (Å²) >= 11 is 0. The molecule has 0 aromatic heterocycles. The maximum absolute atomic E-state index is 12.1. The number of hydrogen-bond donors (Lipinski definition) is 0. The second-order valence-electron chi connectivity index (χ2n) is 3.66. The van der Waals surface area contributed by atoms with Gasteiger partial charge in [-0.25, -0.2) is 0 Å². The van der Waals surface area contributed by atoms with Crippen LogP contribution in [0.2, 0.25) is 0 Å². The van der Waals surface area contributed by atoms with Gasteiger partial charge in [-0.2, -0.15) is 0 Å². The van der Waals surface area contributed by atoms with E-state index < -0.39 is 16.0 Å². The summed E-state index contributed by atoms with van der Waals surface area (Å²) < 4.78 is 17.0. The summed E-state index contributed by atoms with van der Waals surface area (Å²) in [6.07, 6.45) is 0.540. The van der Waals surface area contributed by atoms with Crippen molar-refractivity contribution in [2.45, 2.75) is 31.3 Å². The molecule has 1 rings (SSSR count). The van der Waals surface area contributed by atoms with Crippen molar-refractivity contribution >= 4 is 16.8 Å². The largest absolute Gasteiger partial charge is 0.465 e. The number of carbonyl (C=O) groups is 1. The molecule has 0 aliphatic heterocycles. The van der Waals surface area contributed by atoms with Crippen LogP contribution >= 0.6 is 0 Å². The Morgan fingerprint density at radius 2 is 1.94 bits per heavy atom. The van der Waals surface area contributed by atoms with E-state index in [-0.39, 0.29) is 5.97 Å². The summed E-state index contributed by atoms with van der Waals surface area (Å²) in [6.45, 7) is 3.94. The highest BCUT2D eigenvalue weighted by molar-refractivity contribution is 7.85. The molecule has 2 unspecified atom stereocenters. The Balaban J connectivity index is 2.64. The van der Waals surface area contributed by atoms with E-state index in [1.165, 1.54) is 0 Å². The summed E-state index contributed by atoms with van der Waals surface area (Å²) in [5.74, 6) is 0.0438. The molecular weight excluding hydrogens is 236 g/mol. The fourth-order valence-electron chi connectivity index (χ4n) is 1.53. The third-order valence-corrected chi connectivity index (χ3v) is 4.17.